The van der Waals surface area contributed by atoms with Gasteiger partial charge in [0.2, 0.25) is 0 Å². The zero-order valence-electron chi connectivity index (χ0n) is 10.1. The van der Waals surface area contributed by atoms with Gasteiger partial charge < -0.3 is 15.8 Å². The van der Waals surface area contributed by atoms with Crippen LogP contribution in [0.5, 0.6) is 0 Å². The van der Waals surface area contributed by atoms with Crippen LogP contribution >= 0.6 is 27.7 Å². The molecule has 6 heteroatoms. The Morgan fingerprint density at radius 1 is 1.61 bits per heavy atom. The van der Waals surface area contributed by atoms with E-state index in [1.807, 2.05) is 30.0 Å². The molecule has 4 nitrogen and oxygen atoms in total. The van der Waals surface area contributed by atoms with Gasteiger partial charge in [0.25, 0.3) is 0 Å². The van der Waals surface area contributed by atoms with E-state index < -0.39 is 0 Å². The van der Waals surface area contributed by atoms with Crippen molar-refractivity contribution in [3.05, 3.63) is 28.2 Å². The number of hydrogen-bond donors (Lipinski definition) is 2. The van der Waals surface area contributed by atoms with Crippen LogP contribution in [0.2, 0.25) is 0 Å². The normalized spacial score (nSPS) is 21.1. The van der Waals surface area contributed by atoms with E-state index in [0.717, 1.165) is 33.8 Å². The Labute approximate surface area is 119 Å². The molecule has 3 N–H and O–H groups in total. The Morgan fingerprint density at radius 2 is 2.39 bits per heavy atom. The second-order valence-corrected chi connectivity index (χ2v) is 6.33. The minimum Gasteiger partial charge on any atom is -0.409 e. The summed E-state index contributed by atoms with van der Waals surface area (Å²) in [7, 11) is 0. The van der Waals surface area contributed by atoms with E-state index in [-0.39, 0.29) is 5.84 Å². The van der Waals surface area contributed by atoms with Gasteiger partial charge in [0.1, 0.15) is 0 Å². The molecule has 0 bridgehead atoms. The number of rotatable bonds is 2. The lowest BCUT2D eigenvalue weighted by Gasteiger charge is -2.36. The summed E-state index contributed by atoms with van der Waals surface area (Å²) in [6.07, 6.45) is 0. The molecule has 2 rings (SSSR count). The van der Waals surface area contributed by atoms with Crippen LogP contribution in [0.15, 0.2) is 27.8 Å². The summed E-state index contributed by atoms with van der Waals surface area (Å²) in [5.74, 6) is 2.36. The molecular weight excluding hydrogens is 314 g/mol. The van der Waals surface area contributed by atoms with Crippen molar-refractivity contribution in [3.63, 3.8) is 0 Å². The topological polar surface area (TPSA) is 61.8 Å². The average Bonchev–Trinajstić information content (AvgIpc) is 2.38. The van der Waals surface area contributed by atoms with E-state index >= 15 is 0 Å². The Morgan fingerprint density at radius 3 is 3.06 bits per heavy atom. The first-order chi connectivity index (χ1) is 8.63. The Kier molecular flexibility index (Phi) is 4.40. The van der Waals surface area contributed by atoms with Gasteiger partial charge in [-0.25, -0.2) is 0 Å². The number of benzene rings is 1. The fourth-order valence-electron chi connectivity index (χ4n) is 2.10. The molecule has 1 fully saturated rings. The maximum absolute atomic E-state index is 8.87. The molecule has 1 atom stereocenters. The van der Waals surface area contributed by atoms with Gasteiger partial charge in [0.05, 0.1) is 0 Å². The minimum atomic E-state index is 0.155. The summed E-state index contributed by atoms with van der Waals surface area (Å²) in [6, 6.07) is 6.26. The quantitative estimate of drug-likeness (QED) is 0.379. The fourth-order valence-corrected chi connectivity index (χ4v) is 3.46. The van der Waals surface area contributed by atoms with E-state index in [9.17, 15) is 0 Å². The van der Waals surface area contributed by atoms with Gasteiger partial charge in [0, 0.05) is 39.8 Å². The molecule has 0 aromatic heterocycles. The number of amidine groups is 1. The van der Waals surface area contributed by atoms with Crippen molar-refractivity contribution >= 4 is 39.2 Å². The summed E-state index contributed by atoms with van der Waals surface area (Å²) in [5, 5.41) is 12.0. The fraction of sp³-hybridized carbons (Fsp3) is 0.417. The molecule has 1 heterocycles. The third kappa shape index (κ3) is 2.75. The van der Waals surface area contributed by atoms with Gasteiger partial charge in [-0.3, -0.25) is 0 Å². The van der Waals surface area contributed by atoms with Crippen molar-refractivity contribution in [1.82, 2.24) is 0 Å². The number of hydrogen-bond acceptors (Lipinski definition) is 4. The van der Waals surface area contributed by atoms with Crippen molar-refractivity contribution in [2.75, 3.05) is 23.0 Å². The van der Waals surface area contributed by atoms with Crippen LogP contribution in [0.25, 0.3) is 0 Å². The Bertz CT molecular complexity index is 467. The lowest BCUT2D eigenvalue weighted by Crippen LogP contribution is -2.41. The number of oxime groups is 1. The smallest absolute Gasteiger partial charge is 0.172 e. The SMILES string of the molecule is CC1CSCCN1c1cc(Br)ccc1/C(N)=N/O. The predicted molar refractivity (Wildman–Crippen MR) is 80.8 cm³/mol. The number of nitrogens with zero attached hydrogens (tertiary/aromatic N) is 2. The number of halogens is 1. The minimum absolute atomic E-state index is 0.155. The van der Waals surface area contributed by atoms with Gasteiger partial charge in [-0.15, -0.1) is 0 Å². The van der Waals surface area contributed by atoms with Crippen molar-refractivity contribution in [3.8, 4) is 0 Å². The summed E-state index contributed by atoms with van der Waals surface area (Å²) in [6.45, 7) is 3.18. The van der Waals surface area contributed by atoms with E-state index in [0.29, 0.717) is 6.04 Å². The van der Waals surface area contributed by atoms with Crippen LogP contribution in [0.1, 0.15) is 12.5 Å². The lowest BCUT2D eigenvalue weighted by atomic mass is 10.1. The first kappa shape index (κ1) is 13.5. The van der Waals surface area contributed by atoms with E-state index in [4.69, 9.17) is 10.9 Å². The Hall–Kier alpha value is -0.880. The molecule has 1 saturated heterocycles. The summed E-state index contributed by atoms with van der Waals surface area (Å²) in [4.78, 5) is 2.31. The van der Waals surface area contributed by atoms with E-state index in [2.05, 4.69) is 32.9 Å². The van der Waals surface area contributed by atoms with Gasteiger partial charge in [-0.1, -0.05) is 21.1 Å². The van der Waals surface area contributed by atoms with Crippen LogP contribution in [0.4, 0.5) is 5.69 Å². The van der Waals surface area contributed by atoms with Gasteiger partial charge in [-0.05, 0) is 25.1 Å². The summed E-state index contributed by atoms with van der Waals surface area (Å²) in [5.41, 5.74) is 7.55. The van der Waals surface area contributed by atoms with Crippen LogP contribution in [0.3, 0.4) is 0 Å². The lowest BCUT2D eigenvalue weighted by molar-refractivity contribution is 0.318. The van der Waals surface area contributed by atoms with Crippen molar-refractivity contribution in [2.24, 2.45) is 10.9 Å². The van der Waals surface area contributed by atoms with Crippen LogP contribution in [0, 0.1) is 0 Å². The average molecular weight is 330 g/mol. The maximum Gasteiger partial charge on any atom is 0.172 e. The standard InChI is InChI=1S/C12H16BrN3OS/c1-8-7-18-5-4-16(8)11-6-9(13)2-3-10(11)12(14)15-17/h2-3,6,8,17H,4-5,7H2,1H3,(H2,14,15). The van der Waals surface area contributed by atoms with Crippen LogP contribution in [-0.4, -0.2) is 35.1 Å². The van der Waals surface area contributed by atoms with Crippen LogP contribution in [-0.2, 0) is 0 Å². The predicted octanol–water partition coefficient (Wildman–Crippen LogP) is 2.49. The molecule has 98 valence electrons. The highest BCUT2D eigenvalue weighted by atomic mass is 79.9. The van der Waals surface area contributed by atoms with Crippen molar-refractivity contribution in [1.29, 1.82) is 0 Å². The largest absolute Gasteiger partial charge is 0.409 e. The van der Waals surface area contributed by atoms with Gasteiger partial charge >= 0.3 is 0 Å². The molecule has 0 radical (unpaired) electrons. The highest BCUT2D eigenvalue weighted by molar-refractivity contribution is 9.10. The summed E-state index contributed by atoms with van der Waals surface area (Å²) < 4.78 is 0.998. The van der Waals surface area contributed by atoms with Crippen molar-refractivity contribution in [2.45, 2.75) is 13.0 Å². The van der Waals surface area contributed by atoms with E-state index in [1.165, 1.54) is 0 Å². The van der Waals surface area contributed by atoms with E-state index in [1.54, 1.807) is 0 Å². The number of thioether (sulfide) groups is 1. The number of nitrogens with two attached hydrogens (primary N) is 1. The Balaban J connectivity index is 2.44. The molecule has 1 unspecified atom stereocenters. The zero-order chi connectivity index (χ0) is 13.1. The molecule has 0 amide bonds. The second kappa shape index (κ2) is 5.84. The van der Waals surface area contributed by atoms with Gasteiger partial charge in [0.15, 0.2) is 5.84 Å². The third-order valence-corrected chi connectivity index (χ3v) is 4.70. The first-order valence-corrected chi connectivity index (χ1v) is 7.70. The molecule has 1 aromatic carbocycles. The van der Waals surface area contributed by atoms with Gasteiger partial charge in [-0.2, -0.15) is 11.8 Å². The third-order valence-electron chi connectivity index (χ3n) is 3.02. The second-order valence-electron chi connectivity index (χ2n) is 4.26. The maximum atomic E-state index is 8.87. The van der Waals surface area contributed by atoms with Crippen molar-refractivity contribution < 1.29 is 5.21 Å². The summed E-state index contributed by atoms with van der Waals surface area (Å²) >= 11 is 5.44. The highest BCUT2D eigenvalue weighted by Gasteiger charge is 2.22. The monoisotopic (exact) mass is 329 g/mol. The molecule has 0 saturated carbocycles. The molecule has 0 spiro atoms. The molecule has 0 aliphatic carbocycles. The molecule has 1 aromatic rings. The molecular formula is C12H16BrN3OS. The molecule has 1 aliphatic rings. The zero-order valence-corrected chi connectivity index (χ0v) is 12.5. The molecule has 18 heavy (non-hydrogen) atoms. The van der Waals surface area contributed by atoms with Crippen LogP contribution < -0.4 is 10.6 Å². The molecule has 1 aliphatic heterocycles. The number of anilines is 1. The first-order valence-electron chi connectivity index (χ1n) is 5.75. The highest BCUT2D eigenvalue weighted by Crippen LogP contribution is 2.30.